The molecular weight excluding hydrogens is 204 g/mol. The molecule has 0 amide bonds. The molecule has 2 saturated heterocycles. The van der Waals surface area contributed by atoms with Crippen molar-refractivity contribution in [1.82, 2.24) is 10.2 Å². The zero-order valence-electron chi connectivity index (χ0n) is 10.4. The van der Waals surface area contributed by atoms with Crippen molar-refractivity contribution < 1.29 is 9.84 Å². The average molecular weight is 228 g/mol. The Kier molecular flexibility index (Phi) is 3.85. The number of nitrogens with one attached hydrogen (secondary N) is 1. The minimum absolute atomic E-state index is 0.0359. The molecule has 0 aromatic carbocycles. The number of aliphatic hydroxyl groups is 1. The molecule has 2 aliphatic heterocycles. The summed E-state index contributed by atoms with van der Waals surface area (Å²) in [7, 11) is 2.16. The Morgan fingerprint density at radius 2 is 2.12 bits per heavy atom. The van der Waals surface area contributed by atoms with E-state index in [-0.39, 0.29) is 6.10 Å². The fourth-order valence-electron chi connectivity index (χ4n) is 2.54. The van der Waals surface area contributed by atoms with Crippen LogP contribution in [0.2, 0.25) is 0 Å². The molecule has 2 N–H and O–H groups in total. The van der Waals surface area contributed by atoms with Crippen molar-refractivity contribution in [1.29, 1.82) is 0 Å². The molecule has 0 aliphatic carbocycles. The molecule has 0 aromatic rings. The summed E-state index contributed by atoms with van der Waals surface area (Å²) in [4.78, 5) is 2.36. The summed E-state index contributed by atoms with van der Waals surface area (Å²) >= 11 is 0. The molecule has 0 spiro atoms. The lowest BCUT2D eigenvalue weighted by molar-refractivity contribution is -0.0286. The molecule has 2 heterocycles. The molecule has 4 nitrogen and oxygen atoms in total. The number of likely N-dealkylation sites (tertiary alicyclic amines) is 1. The maximum Gasteiger partial charge on any atom is 0.105 e. The highest BCUT2D eigenvalue weighted by Crippen LogP contribution is 2.25. The van der Waals surface area contributed by atoms with Gasteiger partial charge >= 0.3 is 0 Å². The highest BCUT2D eigenvalue weighted by atomic mass is 16.5. The van der Waals surface area contributed by atoms with Crippen molar-refractivity contribution in [3.63, 3.8) is 0 Å². The van der Waals surface area contributed by atoms with Crippen molar-refractivity contribution in [3.05, 3.63) is 0 Å². The third kappa shape index (κ3) is 2.74. The quantitative estimate of drug-likeness (QED) is 0.725. The molecule has 2 atom stereocenters. The van der Waals surface area contributed by atoms with Crippen molar-refractivity contribution >= 4 is 0 Å². The van der Waals surface area contributed by atoms with Gasteiger partial charge in [0, 0.05) is 25.6 Å². The second-order valence-corrected chi connectivity index (χ2v) is 5.33. The predicted molar refractivity (Wildman–Crippen MR) is 63.5 cm³/mol. The van der Waals surface area contributed by atoms with Gasteiger partial charge in [-0.2, -0.15) is 0 Å². The summed E-state index contributed by atoms with van der Waals surface area (Å²) in [5, 5.41) is 13.8. The van der Waals surface area contributed by atoms with E-state index >= 15 is 0 Å². The van der Waals surface area contributed by atoms with Crippen LogP contribution < -0.4 is 5.32 Å². The van der Waals surface area contributed by atoms with E-state index in [4.69, 9.17) is 4.74 Å². The maximum absolute atomic E-state index is 10.3. The van der Waals surface area contributed by atoms with Gasteiger partial charge in [0.1, 0.15) is 5.60 Å². The molecule has 4 heteroatoms. The largest absolute Gasteiger partial charge is 0.386 e. The van der Waals surface area contributed by atoms with Crippen molar-refractivity contribution in [2.45, 2.75) is 43.9 Å². The molecule has 16 heavy (non-hydrogen) atoms. The van der Waals surface area contributed by atoms with Gasteiger partial charge in [0.15, 0.2) is 0 Å². The summed E-state index contributed by atoms with van der Waals surface area (Å²) in [5.41, 5.74) is -0.649. The first-order valence-corrected chi connectivity index (χ1v) is 6.36. The fraction of sp³-hybridized carbons (Fsp3) is 1.00. The predicted octanol–water partition coefficient (Wildman–Crippen LogP) is 0.210. The van der Waals surface area contributed by atoms with Gasteiger partial charge in [-0.15, -0.1) is 0 Å². The number of ether oxygens (including phenoxy) is 1. The maximum atomic E-state index is 10.3. The number of piperidine rings is 1. The first kappa shape index (κ1) is 12.3. The zero-order valence-corrected chi connectivity index (χ0v) is 10.4. The third-order valence-corrected chi connectivity index (χ3v) is 4.07. The first-order valence-electron chi connectivity index (χ1n) is 6.36. The van der Waals surface area contributed by atoms with Crippen LogP contribution in [-0.4, -0.2) is 61.0 Å². The Hall–Kier alpha value is -0.160. The topological polar surface area (TPSA) is 44.7 Å². The average Bonchev–Trinajstić information content (AvgIpc) is 2.59. The summed E-state index contributed by atoms with van der Waals surface area (Å²) < 4.78 is 5.43. The van der Waals surface area contributed by atoms with E-state index in [1.807, 2.05) is 6.92 Å². The first-order chi connectivity index (χ1) is 7.60. The van der Waals surface area contributed by atoms with Crippen LogP contribution in [0.1, 0.15) is 26.2 Å². The molecule has 2 unspecified atom stereocenters. The van der Waals surface area contributed by atoms with E-state index < -0.39 is 5.60 Å². The zero-order chi connectivity index (χ0) is 11.6. The van der Waals surface area contributed by atoms with E-state index in [1.54, 1.807) is 0 Å². The smallest absolute Gasteiger partial charge is 0.105 e. The Bertz CT molecular complexity index is 229. The van der Waals surface area contributed by atoms with Crippen LogP contribution in [0.3, 0.4) is 0 Å². The number of nitrogens with zero attached hydrogens (tertiary/aromatic N) is 1. The minimum Gasteiger partial charge on any atom is -0.386 e. The molecule has 0 bridgehead atoms. The van der Waals surface area contributed by atoms with Gasteiger partial charge in [0.2, 0.25) is 0 Å². The molecule has 94 valence electrons. The van der Waals surface area contributed by atoms with Crippen LogP contribution in [0.15, 0.2) is 0 Å². The van der Waals surface area contributed by atoms with Gasteiger partial charge in [-0.25, -0.2) is 0 Å². The van der Waals surface area contributed by atoms with Crippen LogP contribution in [0, 0.1) is 0 Å². The summed E-state index contributed by atoms with van der Waals surface area (Å²) in [6, 6.07) is 0.563. The van der Waals surface area contributed by atoms with Gasteiger partial charge < -0.3 is 20.1 Å². The van der Waals surface area contributed by atoms with Crippen LogP contribution >= 0.6 is 0 Å². The molecule has 2 aliphatic rings. The van der Waals surface area contributed by atoms with Gasteiger partial charge in [-0.1, -0.05) is 0 Å². The minimum atomic E-state index is -0.649. The number of hydrogen-bond donors (Lipinski definition) is 2. The standard InChI is InChI=1S/C12H24N2O2/c1-10-12(15,5-8-16-10)9-13-11-3-6-14(2)7-4-11/h10-11,13,15H,3-9H2,1-2H3. The number of hydrogen-bond acceptors (Lipinski definition) is 4. The fourth-order valence-corrected chi connectivity index (χ4v) is 2.54. The second-order valence-electron chi connectivity index (χ2n) is 5.33. The van der Waals surface area contributed by atoms with Crippen molar-refractivity contribution in [2.24, 2.45) is 0 Å². The molecule has 2 rings (SSSR count). The van der Waals surface area contributed by atoms with Crippen LogP contribution in [-0.2, 0) is 4.74 Å². The van der Waals surface area contributed by atoms with E-state index in [9.17, 15) is 5.11 Å². The highest BCUT2D eigenvalue weighted by molar-refractivity contribution is 4.92. The molecule has 0 aromatic heterocycles. The van der Waals surface area contributed by atoms with Crippen molar-refractivity contribution in [2.75, 3.05) is 33.3 Å². The molecule has 0 radical (unpaired) electrons. The third-order valence-electron chi connectivity index (χ3n) is 4.07. The van der Waals surface area contributed by atoms with Gasteiger partial charge in [-0.3, -0.25) is 0 Å². The van der Waals surface area contributed by atoms with Gasteiger partial charge in [-0.05, 0) is 39.9 Å². The number of rotatable bonds is 3. The Morgan fingerprint density at radius 1 is 1.44 bits per heavy atom. The van der Waals surface area contributed by atoms with E-state index in [0.29, 0.717) is 19.2 Å². The molecule has 2 fully saturated rings. The Morgan fingerprint density at radius 3 is 2.69 bits per heavy atom. The lowest BCUT2D eigenvalue weighted by Crippen LogP contribution is -2.50. The lowest BCUT2D eigenvalue weighted by atomic mass is 9.95. The normalized spacial score (nSPS) is 38.1. The van der Waals surface area contributed by atoms with Gasteiger partial charge in [0.05, 0.1) is 6.10 Å². The van der Waals surface area contributed by atoms with Crippen LogP contribution in [0.5, 0.6) is 0 Å². The van der Waals surface area contributed by atoms with E-state index in [0.717, 1.165) is 19.5 Å². The summed E-state index contributed by atoms with van der Waals surface area (Å²) in [6.07, 6.45) is 3.09. The Balaban J connectivity index is 1.74. The summed E-state index contributed by atoms with van der Waals surface area (Å²) in [5.74, 6) is 0. The second kappa shape index (κ2) is 5.00. The SMILES string of the molecule is CC1OCCC1(O)CNC1CCN(C)CC1. The molecular formula is C12H24N2O2. The monoisotopic (exact) mass is 228 g/mol. The van der Waals surface area contributed by atoms with Gasteiger partial charge in [0.25, 0.3) is 0 Å². The Labute approximate surface area is 98.0 Å². The molecule has 0 saturated carbocycles. The van der Waals surface area contributed by atoms with Crippen molar-refractivity contribution in [3.8, 4) is 0 Å². The van der Waals surface area contributed by atoms with Crippen LogP contribution in [0.25, 0.3) is 0 Å². The van der Waals surface area contributed by atoms with E-state index in [2.05, 4.69) is 17.3 Å². The summed E-state index contributed by atoms with van der Waals surface area (Å²) in [6.45, 7) is 5.63. The van der Waals surface area contributed by atoms with E-state index in [1.165, 1.54) is 12.8 Å². The van der Waals surface area contributed by atoms with Crippen LogP contribution in [0.4, 0.5) is 0 Å². The highest BCUT2D eigenvalue weighted by Gasteiger charge is 2.39. The lowest BCUT2D eigenvalue weighted by Gasteiger charge is -2.33.